The molecule has 7 unspecified atom stereocenters. The van der Waals surface area contributed by atoms with Crippen LogP contribution in [0, 0.1) is 34.0 Å². The molecule has 4 aliphatic rings. The van der Waals surface area contributed by atoms with Crippen LogP contribution in [0.2, 0.25) is 0 Å². The second kappa shape index (κ2) is 5.85. The van der Waals surface area contributed by atoms with E-state index in [1.54, 1.807) is 18.1 Å². The fourth-order valence-electron chi connectivity index (χ4n) is 8.30. The summed E-state index contributed by atoms with van der Waals surface area (Å²) in [6.07, 6.45) is 10.5. The maximum atomic E-state index is 11.7. The largest absolute Gasteiger partial charge is 0.462 e. The smallest absolute Gasteiger partial charge is 0.302 e. The highest BCUT2D eigenvalue weighted by Crippen LogP contribution is 2.72. The van der Waals surface area contributed by atoms with E-state index in [1.807, 2.05) is 0 Å². The van der Waals surface area contributed by atoms with Gasteiger partial charge in [0.25, 0.3) is 0 Å². The average Bonchev–Trinajstić information content (AvgIpc) is 3.03. The number of carbonyl (C=O) groups is 1. The Morgan fingerprint density at radius 3 is 2.23 bits per heavy atom. The van der Waals surface area contributed by atoms with Crippen LogP contribution in [0.5, 0.6) is 0 Å². The van der Waals surface area contributed by atoms with Crippen molar-refractivity contribution in [1.29, 1.82) is 0 Å². The molecule has 4 fully saturated rings. The fourth-order valence-corrected chi connectivity index (χ4v) is 8.30. The minimum atomic E-state index is -0.0951. The van der Waals surface area contributed by atoms with E-state index in [2.05, 4.69) is 34.6 Å². The van der Waals surface area contributed by atoms with Crippen molar-refractivity contribution in [3.05, 3.63) is 11.1 Å². The summed E-state index contributed by atoms with van der Waals surface area (Å²) in [7, 11) is 0. The fraction of sp³-hybridized carbons (Fsp3) is 0.875. The third-order valence-corrected chi connectivity index (χ3v) is 9.93. The van der Waals surface area contributed by atoms with E-state index in [4.69, 9.17) is 4.74 Å². The summed E-state index contributed by atoms with van der Waals surface area (Å²) < 4.78 is 5.84. The van der Waals surface area contributed by atoms with Crippen molar-refractivity contribution < 1.29 is 9.53 Å². The van der Waals surface area contributed by atoms with E-state index in [1.165, 1.54) is 44.9 Å². The lowest BCUT2D eigenvalue weighted by atomic mass is 9.43. The number of esters is 1. The van der Waals surface area contributed by atoms with Crippen LogP contribution < -0.4 is 0 Å². The van der Waals surface area contributed by atoms with Crippen LogP contribution in [0.15, 0.2) is 11.1 Å². The summed E-state index contributed by atoms with van der Waals surface area (Å²) in [4.78, 5) is 11.7. The molecular weight excluding hydrogens is 320 g/mol. The molecule has 0 aromatic carbocycles. The lowest BCUT2D eigenvalue weighted by molar-refractivity contribution is -0.172. The Labute approximate surface area is 160 Å². The molecule has 0 amide bonds. The van der Waals surface area contributed by atoms with Gasteiger partial charge >= 0.3 is 5.97 Å². The van der Waals surface area contributed by atoms with Gasteiger partial charge in [0.1, 0.15) is 6.10 Å². The van der Waals surface area contributed by atoms with Crippen LogP contribution in [0.3, 0.4) is 0 Å². The number of carbonyl (C=O) groups excluding carboxylic acids is 1. The lowest BCUT2D eigenvalue weighted by Crippen LogP contribution is -2.56. The predicted octanol–water partition coefficient (Wildman–Crippen LogP) is 6.30. The third-order valence-electron chi connectivity index (χ3n) is 9.93. The van der Waals surface area contributed by atoms with E-state index in [0.717, 1.165) is 24.2 Å². The van der Waals surface area contributed by atoms with Crippen LogP contribution in [0.4, 0.5) is 0 Å². The molecule has 4 rings (SSSR count). The Hall–Kier alpha value is -0.790. The number of rotatable bonds is 1. The van der Waals surface area contributed by atoms with Crippen molar-refractivity contribution >= 4 is 5.97 Å². The van der Waals surface area contributed by atoms with Gasteiger partial charge in [0.2, 0.25) is 0 Å². The average molecular weight is 359 g/mol. The number of ether oxygens (including phenoxy) is 1. The summed E-state index contributed by atoms with van der Waals surface area (Å²) in [5.74, 6) is 2.39. The van der Waals surface area contributed by atoms with E-state index in [-0.39, 0.29) is 17.5 Å². The summed E-state index contributed by atoms with van der Waals surface area (Å²) in [6.45, 7) is 13.8. The highest BCUT2D eigenvalue weighted by Gasteiger charge is 2.66. The molecule has 4 aliphatic carbocycles. The summed E-state index contributed by atoms with van der Waals surface area (Å²) in [5.41, 5.74) is 4.37. The molecule has 0 aromatic rings. The van der Waals surface area contributed by atoms with Crippen LogP contribution in [-0.2, 0) is 9.53 Å². The SMILES string of the molecule is CC(=O)OC1CCC2(C)C3CCC4C(=C(C)C)CCC4(C)C3CCC12C. The van der Waals surface area contributed by atoms with Gasteiger partial charge in [-0.15, -0.1) is 0 Å². The van der Waals surface area contributed by atoms with Crippen molar-refractivity contribution in [2.75, 3.05) is 0 Å². The Morgan fingerprint density at radius 2 is 1.58 bits per heavy atom. The van der Waals surface area contributed by atoms with E-state index in [9.17, 15) is 4.79 Å². The molecule has 2 nitrogen and oxygen atoms in total. The van der Waals surface area contributed by atoms with Crippen molar-refractivity contribution in [2.45, 2.75) is 99.0 Å². The molecule has 2 heteroatoms. The van der Waals surface area contributed by atoms with Gasteiger partial charge in [-0.05, 0) is 93.8 Å². The van der Waals surface area contributed by atoms with E-state index in [0.29, 0.717) is 10.8 Å². The van der Waals surface area contributed by atoms with Crippen LogP contribution in [0.1, 0.15) is 92.9 Å². The van der Waals surface area contributed by atoms with Crippen molar-refractivity contribution in [3.63, 3.8) is 0 Å². The maximum absolute atomic E-state index is 11.7. The number of hydrogen-bond donors (Lipinski definition) is 0. The lowest BCUT2D eigenvalue weighted by Gasteiger charge is -2.62. The second-order valence-electron chi connectivity index (χ2n) is 10.9. The second-order valence-corrected chi connectivity index (χ2v) is 10.9. The van der Waals surface area contributed by atoms with Crippen molar-refractivity contribution in [3.8, 4) is 0 Å². The van der Waals surface area contributed by atoms with Gasteiger partial charge in [-0.1, -0.05) is 31.9 Å². The standard InChI is InChI=1S/C24H38O2/c1-15(2)17-9-12-22(4)18(17)7-8-20-19(22)10-13-24(6)21(26-16(3)25)11-14-23(20,24)5/h18-21H,7-14H2,1-6H3. The van der Waals surface area contributed by atoms with Crippen molar-refractivity contribution in [1.82, 2.24) is 0 Å². The van der Waals surface area contributed by atoms with Crippen LogP contribution in [0.25, 0.3) is 0 Å². The van der Waals surface area contributed by atoms with Gasteiger partial charge in [0.05, 0.1) is 0 Å². The van der Waals surface area contributed by atoms with Gasteiger partial charge in [0, 0.05) is 12.3 Å². The van der Waals surface area contributed by atoms with E-state index >= 15 is 0 Å². The number of hydrogen-bond acceptors (Lipinski definition) is 2. The Morgan fingerprint density at radius 1 is 0.885 bits per heavy atom. The molecule has 0 aromatic heterocycles. The first-order valence-corrected chi connectivity index (χ1v) is 11.0. The van der Waals surface area contributed by atoms with Gasteiger partial charge in [-0.25, -0.2) is 0 Å². The third kappa shape index (κ3) is 2.26. The van der Waals surface area contributed by atoms with E-state index < -0.39 is 0 Å². The number of fused-ring (bicyclic) bond motifs is 5. The summed E-state index contributed by atoms with van der Waals surface area (Å²) in [6, 6.07) is 0. The predicted molar refractivity (Wildman–Crippen MR) is 106 cm³/mol. The first kappa shape index (κ1) is 18.6. The topological polar surface area (TPSA) is 26.3 Å². The quantitative estimate of drug-likeness (QED) is 0.406. The first-order valence-electron chi connectivity index (χ1n) is 11.0. The first-order chi connectivity index (χ1) is 12.1. The zero-order valence-corrected chi connectivity index (χ0v) is 17.8. The molecule has 0 heterocycles. The molecule has 0 saturated heterocycles. The zero-order valence-electron chi connectivity index (χ0n) is 17.8. The summed E-state index contributed by atoms with van der Waals surface area (Å²) in [5, 5.41) is 0. The van der Waals surface area contributed by atoms with Gasteiger partial charge in [-0.3, -0.25) is 4.79 Å². The molecule has 26 heavy (non-hydrogen) atoms. The Bertz CT molecular complexity index is 645. The molecule has 0 radical (unpaired) electrons. The molecule has 0 bridgehead atoms. The maximum Gasteiger partial charge on any atom is 0.302 e. The summed E-state index contributed by atoms with van der Waals surface area (Å²) >= 11 is 0. The molecule has 146 valence electrons. The molecule has 0 aliphatic heterocycles. The normalized spacial score (nSPS) is 50.0. The molecule has 0 spiro atoms. The number of allylic oxidation sites excluding steroid dienone is 2. The Kier molecular flexibility index (Phi) is 4.18. The zero-order chi connectivity index (χ0) is 18.9. The van der Waals surface area contributed by atoms with Crippen molar-refractivity contribution in [2.24, 2.45) is 34.0 Å². The minimum absolute atomic E-state index is 0.0951. The molecule has 4 saturated carbocycles. The monoisotopic (exact) mass is 358 g/mol. The van der Waals surface area contributed by atoms with Gasteiger partial charge in [-0.2, -0.15) is 0 Å². The minimum Gasteiger partial charge on any atom is -0.462 e. The molecular formula is C24H38O2. The molecule has 0 N–H and O–H groups in total. The highest BCUT2D eigenvalue weighted by atomic mass is 16.5. The Balaban J connectivity index is 1.67. The van der Waals surface area contributed by atoms with Gasteiger partial charge < -0.3 is 4.74 Å². The van der Waals surface area contributed by atoms with Crippen LogP contribution >= 0.6 is 0 Å². The van der Waals surface area contributed by atoms with Gasteiger partial charge in [0.15, 0.2) is 0 Å². The highest BCUT2D eigenvalue weighted by molar-refractivity contribution is 5.66. The molecule has 7 atom stereocenters. The van der Waals surface area contributed by atoms with Crippen LogP contribution in [-0.4, -0.2) is 12.1 Å².